The molecule has 0 saturated carbocycles. The first-order valence-corrected chi connectivity index (χ1v) is 4.63. The fraction of sp³-hybridized carbons (Fsp3) is 0.667. The molecule has 0 spiro atoms. The zero-order valence-electron chi connectivity index (χ0n) is 8.41. The number of carbonyl (C=O) groups is 1. The molecule has 4 nitrogen and oxygen atoms in total. The van der Waals surface area contributed by atoms with Gasteiger partial charge in [-0.25, -0.2) is 4.79 Å². The van der Waals surface area contributed by atoms with E-state index in [2.05, 4.69) is 11.3 Å². The zero-order chi connectivity index (χ0) is 12.3. The van der Waals surface area contributed by atoms with Crippen LogP contribution < -0.4 is 0 Å². The smallest absolute Gasteiger partial charge is 0.414 e. The maximum Gasteiger partial charge on any atom is 0.414 e. The third kappa shape index (κ3) is 2.88. The van der Waals surface area contributed by atoms with E-state index in [0.717, 1.165) is 4.90 Å². The van der Waals surface area contributed by atoms with E-state index >= 15 is 0 Å². The first-order chi connectivity index (χ1) is 7.36. The van der Waals surface area contributed by atoms with Crippen LogP contribution in [0.1, 0.15) is 0 Å². The van der Waals surface area contributed by atoms with Crippen molar-refractivity contribution >= 4 is 6.09 Å². The summed E-state index contributed by atoms with van der Waals surface area (Å²) < 4.78 is 40.8. The minimum Gasteiger partial charge on any atom is -0.445 e. The lowest BCUT2D eigenvalue weighted by Crippen LogP contribution is -2.57. The molecule has 16 heavy (non-hydrogen) atoms. The van der Waals surface area contributed by atoms with Crippen molar-refractivity contribution in [3.8, 4) is 0 Å². The van der Waals surface area contributed by atoms with Crippen LogP contribution in [0.15, 0.2) is 12.7 Å². The fourth-order valence-corrected chi connectivity index (χ4v) is 1.35. The molecular weight excluding hydrogens is 227 g/mol. The molecule has 1 unspecified atom stereocenters. The minimum atomic E-state index is -4.64. The molecule has 0 aromatic heterocycles. The predicted molar refractivity (Wildman–Crippen MR) is 48.7 cm³/mol. The van der Waals surface area contributed by atoms with Gasteiger partial charge in [-0.3, -0.25) is 0 Å². The first-order valence-electron chi connectivity index (χ1n) is 4.63. The second kappa shape index (κ2) is 4.73. The number of rotatable bonds is 3. The van der Waals surface area contributed by atoms with E-state index in [9.17, 15) is 18.0 Å². The van der Waals surface area contributed by atoms with Crippen molar-refractivity contribution in [1.29, 1.82) is 0 Å². The summed E-state index contributed by atoms with van der Waals surface area (Å²) in [6.07, 6.45) is -6.34. The Morgan fingerprint density at radius 2 is 2.19 bits per heavy atom. The molecule has 92 valence electrons. The Morgan fingerprint density at radius 1 is 1.62 bits per heavy atom. The Kier molecular flexibility index (Phi) is 3.79. The van der Waals surface area contributed by atoms with Crippen molar-refractivity contribution in [3.05, 3.63) is 12.7 Å². The third-order valence-corrected chi connectivity index (χ3v) is 2.27. The van der Waals surface area contributed by atoms with E-state index in [1.807, 2.05) is 0 Å². The van der Waals surface area contributed by atoms with Crippen molar-refractivity contribution in [2.24, 2.45) is 5.92 Å². The molecule has 0 aliphatic carbocycles. The Balaban J connectivity index is 2.32. The highest BCUT2D eigenvalue weighted by atomic mass is 19.4. The number of halogens is 3. The van der Waals surface area contributed by atoms with Gasteiger partial charge >= 0.3 is 12.3 Å². The average molecular weight is 239 g/mol. The molecule has 1 N–H and O–H groups in total. The molecule has 1 saturated heterocycles. The molecule has 1 fully saturated rings. The van der Waals surface area contributed by atoms with Gasteiger partial charge in [0.15, 0.2) is 6.10 Å². The molecule has 0 bridgehead atoms. The van der Waals surface area contributed by atoms with Gasteiger partial charge in [0.1, 0.15) is 6.61 Å². The van der Waals surface area contributed by atoms with Crippen LogP contribution in [0, 0.1) is 5.92 Å². The van der Waals surface area contributed by atoms with Crippen LogP contribution in [0.5, 0.6) is 0 Å². The molecule has 0 radical (unpaired) electrons. The highest BCUT2D eigenvalue weighted by Gasteiger charge is 2.49. The number of carbonyl (C=O) groups excluding carboxylic acids is 1. The van der Waals surface area contributed by atoms with Crippen LogP contribution in [0.2, 0.25) is 0 Å². The first kappa shape index (κ1) is 12.8. The van der Waals surface area contributed by atoms with Crippen LogP contribution in [-0.4, -0.2) is 48.1 Å². The molecule has 1 atom stereocenters. The second-order valence-corrected chi connectivity index (χ2v) is 3.52. The highest BCUT2D eigenvalue weighted by Crippen LogP contribution is 2.31. The fourth-order valence-electron chi connectivity index (χ4n) is 1.35. The summed E-state index contributed by atoms with van der Waals surface area (Å²) in [5.74, 6) is -0.962. The maximum atomic E-state index is 12.1. The van der Waals surface area contributed by atoms with Gasteiger partial charge < -0.3 is 14.7 Å². The number of nitrogens with zero attached hydrogens (tertiary/aromatic N) is 1. The summed E-state index contributed by atoms with van der Waals surface area (Å²) in [5, 5.41) is 8.86. The van der Waals surface area contributed by atoms with Gasteiger partial charge in [-0.1, -0.05) is 12.7 Å². The van der Waals surface area contributed by atoms with E-state index in [4.69, 9.17) is 5.11 Å². The molecule has 1 aliphatic rings. The number of aliphatic hydroxyl groups is 1. The molecule has 0 aromatic carbocycles. The lowest BCUT2D eigenvalue weighted by atomic mass is 9.94. The SMILES string of the molecule is C=CCOC(=O)N1CC(C(O)C(F)(F)F)C1. The van der Waals surface area contributed by atoms with E-state index < -0.39 is 24.3 Å². The van der Waals surface area contributed by atoms with Gasteiger partial charge in [-0.05, 0) is 0 Å². The van der Waals surface area contributed by atoms with Gasteiger partial charge in [-0.2, -0.15) is 13.2 Å². The Labute approximate surface area is 90.3 Å². The zero-order valence-corrected chi connectivity index (χ0v) is 8.41. The molecular formula is C9H12F3NO3. The number of hydrogen-bond acceptors (Lipinski definition) is 3. The van der Waals surface area contributed by atoms with E-state index in [1.165, 1.54) is 6.08 Å². The average Bonchev–Trinajstić information content (AvgIpc) is 2.10. The number of hydrogen-bond donors (Lipinski definition) is 1. The van der Waals surface area contributed by atoms with E-state index in [0.29, 0.717) is 0 Å². The van der Waals surface area contributed by atoms with Crippen LogP contribution in [0.3, 0.4) is 0 Å². The summed E-state index contributed by atoms with van der Waals surface area (Å²) in [5.41, 5.74) is 0. The number of likely N-dealkylation sites (tertiary alicyclic amines) is 1. The Bertz CT molecular complexity index is 274. The van der Waals surface area contributed by atoms with Crippen molar-refractivity contribution in [2.45, 2.75) is 12.3 Å². The van der Waals surface area contributed by atoms with Crippen molar-refractivity contribution in [2.75, 3.05) is 19.7 Å². The lowest BCUT2D eigenvalue weighted by Gasteiger charge is -2.40. The molecule has 7 heteroatoms. The summed E-state index contributed by atoms with van der Waals surface area (Å²) in [6, 6.07) is 0. The largest absolute Gasteiger partial charge is 0.445 e. The van der Waals surface area contributed by atoms with Crippen molar-refractivity contribution < 1.29 is 27.8 Å². The minimum absolute atomic E-state index is 0.0157. The Morgan fingerprint density at radius 3 is 2.62 bits per heavy atom. The predicted octanol–water partition coefficient (Wildman–Crippen LogP) is 1.16. The quantitative estimate of drug-likeness (QED) is 0.752. The number of ether oxygens (including phenoxy) is 1. The number of amides is 1. The second-order valence-electron chi connectivity index (χ2n) is 3.52. The number of alkyl halides is 3. The molecule has 1 aliphatic heterocycles. The van der Waals surface area contributed by atoms with Crippen LogP contribution >= 0.6 is 0 Å². The lowest BCUT2D eigenvalue weighted by molar-refractivity contribution is -0.230. The maximum absolute atomic E-state index is 12.1. The summed E-state index contributed by atoms with van der Waals surface area (Å²) in [4.78, 5) is 12.2. The van der Waals surface area contributed by atoms with E-state index in [-0.39, 0.29) is 19.7 Å². The molecule has 1 heterocycles. The van der Waals surface area contributed by atoms with Crippen LogP contribution in [0.25, 0.3) is 0 Å². The highest BCUT2D eigenvalue weighted by molar-refractivity contribution is 5.68. The Hall–Kier alpha value is -1.24. The van der Waals surface area contributed by atoms with Crippen LogP contribution in [0.4, 0.5) is 18.0 Å². The normalized spacial score (nSPS) is 18.9. The third-order valence-electron chi connectivity index (χ3n) is 2.27. The topological polar surface area (TPSA) is 49.8 Å². The summed E-state index contributed by atoms with van der Waals surface area (Å²) in [7, 11) is 0. The molecule has 1 rings (SSSR count). The van der Waals surface area contributed by atoms with Gasteiger partial charge in [-0.15, -0.1) is 0 Å². The number of aliphatic hydroxyl groups excluding tert-OH is 1. The van der Waals surface area contributed by atoms with Gasteiger partial charge in [0.05, 0.1) is 0 Å². The van der Waals surface area contributed by atoms with Crippen LogP contribution in [-0.2, 0) is 4.74 Å². The van der Waals surface area contributed by atoms with Crippen molar-refractivity contribution in [1.82, 2.24) is 4.90 Å². The van der Waals surface area contributed by atoms with E-state index in [1.54, 1.807) is 0 Å². The molecule has 1 amide bonds. The molecule has 0 aromatic rings. The standard InChI is InChI=1S/C9H12F3NO3/c1-2-3-16-8(15)13-4-6(5-13)7(14)9(10,11)12/h2,6-7,14H,1,3-5H2. The van der Waals surface area contributed by atoms with Gasteiger partial charge in [0, 0.05) is 19.0 Å². The van der Waals surface area contributed by atoms with Crippen molar-refractivity contribution in [3.63, 3.8) is 0 Å². The van der Waals surface area contributed by atoms with Gasteiger partial charge in [0.25, 0.3) is 0 Å². The summed E-state index contributed by atoms with van der Waals surface area (Å²) in [6.45, 7) is 3.06. The summed E-state index contributed by atoms with van der Waals surface area (Å²) >= 11 is 0. The van der Waals surface area contributed by atoms with Gasteiger partial charge in [0.2, 0.25) is 0 Å². The monoisotopic (exact) mass is 239 g/mol.